The van der Waals surface area contributed by atoms with Crippen LogP contribution in [-0.4, -0.2) is 9.55 Å². The van der Waals surface area contributed by atoms with E-state index in [9.17, 15) is 0 Å². The van der Waals surface area contributed by atoms with Gasteiger partial charge in [-0.25, -0.2) is 4.98 Å². The Labute approximate surface area is 68.3 Å². The smallest absolute Gasteiger partial charge is 0.176 e. The van der Waals surface area contributed by atoms with E-state index >= 15 is 0 Å². The van der Waals surface area contributed by atoms with Crippen molar-refractivity contribution in [3.63, 3.8) is 0 Å². The van der Waals surface area contributed by atoms with Gasteiger partial charge in [-0.05, 0) is 19.8 Å². The summed E-state index contributed by atoms with van der Waals surface area (Å²) >= 11 is 0. The van der Waals surface area contributed by atoms with Crippen LogP contribution in [0.15, 0.2) is 0 Å². The third-order valence-corrected chi connectivity index (χ3v) is 1.95. The fourth-order valence-electron chi connectivity index (χ4n) is 1.34. The second-order valence-electron chi connectivity index (χ2n) is 2.56. The molecule has 0 saturated carbocycles. The van der Waals surface area contributed by atoms with Crippen LogP contribution in [0.5, 0.6) is 0 Å². The zero-order chi connectivity index (χ0) is 8.27. The SMILES string of the molecule is CCc1n[c]n(CC)c1CC. The molecule has 0 spiro atoms. The summed E-state index contributed by atoms with van der Waals surface area (Å²) in [7, 11) is 0. The van der Waals surface area contributed by atoms with Crippen molar-refractivity contribution in [3.05, 3.63) is 17.7 Å². The average molecular weight is 151 g/mol. The predicted octanol–water partition coefficient (Wildman–Crippen LogP) is 1.83. The summed E-state index contributed by atoms with van der Waals surface area (Å²) in [5.74, 6) is 0. The molecule has 0 aliphatic carbocycles. The normalized spacial score (nSPS) is 10.5. The lowest BCUT2D eigenvalue weighted by atomic mass is 10.2. The van der Waals surface area contributed by atoms with Crippen molar-refractivity contribution in [2.45, 2.75) is 40.2 Å². The Morgan fingerprint density at radius 3 is 2.45 bits per heavy atom. The van der Waals surface area contributed by atoms with Gasteiger partial charge in [-0.1, -0.05) is 13.8 Å². The van der Waals surface area contributed by atoms with Crippen LogP contribution in [0, 0.1) is 6.33 Å². The van der Waals surface area contributed by atoms with Gasteiger partial charge in [0.2, 0.25) is 0 Å². The van der Waals surface area contributed by atoms with Crippen molar-refractivity contribution in [2.75, 3.05) is 0 Å². The molecule has 11 heavy (non-hydrogen) atoms. The molecule has 61 valence electrons. The quantitative estimate of drug-likeness (QED) is 0.644. The fraction of sp³-hybridized carbons (Fsp3) is 0.667. The maximum Gasteiger partial charge on any atom is 0.176 e. The molecule has 0 aliphatic rings. The van der Waals surface area contributed by atoms with E-state index in [1.807, 2.05) is 0 Å². The highest BCUT2D eigenvalue weighted by molar-refractivity contribution is 5.12. The van der Waals surface area contributed by atoms with E-state index in [0.717, 1.165) is 19.4 Å². The van der Waals surface area contributed by atoms with Gasteiger partial charge in [0.15, 0.2) is 6.33 Å². The topological polar surface area (TPSA) is 17.8 Å². The molecular weight excluding hydrogens is 136 g/mol. The lowest BCUT2D eigenvalue weighted by molar-refractivity contribution is 0.708. The molecule has 0 amide bonds. The van der Waals surface area contributed by atoms with Crippen molar-refractivity contribution in [1.82, 2.24) is 9.55 Å². The van der Waals surface area contributed by atoms with Crippen molar-refractivity contribution in [3.8, 4) is 0 Å². The van der Waals surface area contributed by atoms with Gasteiger partial charge in [0.05, 0.1) is 5.69 Å². The highest BCUT2D eigenvalue weighted by atomic mass is 15.0. The van der Waals surface area contributed by atoms with Crippen LogP contribution in [0.4, 0.5) is 0 Å². The van der Waals surface area contributed by atoms with Gasteiger partial charge < -0.3 is 4.57 Å². The zero-order valence-electron chi connectivity index (χ0n) is 7.52. The van der Waals surface area contributed by atoms with Crippen LogP contribution in [0.3, 0.4) is 0 Å². The number of aromatic nitrogens is 2. The monoisotopic (exact) mass is 151 g/mol. The highest BCUT2D eigenvalue weighted by Gasteiger charge is 2.05. The summed E-state index contributed by atoms with van der Waals surface area (Å²) in [5, 5.41) is 0. The summed E-state index contributed by atoms with van der Waals surface area (Å²) in [5.41, 5.74) is 2.55. The van der Waals surface area contributed by atoms with Crippen LogP contribution >= 0.6 is 0 Å². The van der Waals surface area contributed by atoms with Gasteiger partial charge in [-0.3, -0.25) is 0 Å². The first kappa shape index (κ1) is 8.31. The summed E-state index contributed by atoms with van der Waals surface area (Å²) in [6, 6.07) is 0. The molecule has 0 atom stereocenters. The predicted molar refractivity (Wildman–Crippen MR) is 45.5 cm³/mol. The average Bonchev–Trinajstić information content (AvgIpc) is 2.45. The minimum absolute atomic E-state index is 0.982. The number of rotatable bonds is 3. The first-order chi connectivity index (χ1) is 5.33. The van der Waals surface area contributed by atoms with Crippen molar-refractivity contribution in [2.24, 2.45) is 0 Å². The van der Waals surface area contributed by atoms with Gasteiger partial charge in [0, 0.05) is 12.2 Å². The number of nitrogens with zero attached hydrogens (tertiary/aromatic N) is 2. The van der Waals surface area contributed by atoms with E-state index in [0.29, 0.717) is 0 Å². The van der Waals surface area contributed by atoms with Gasteiger partial charge in [0.1, 0.15) is 0 Å². The van der Waals surface area contributed by atoms with Gasteiger partial charge >= 0.3 is 0 Å². The lowest BCUT2D eigenvalue weighted by Gasteiger charge is -2.02. The zero-order valence-corrected chi connectivity index (χ0v) is 7.52. The molecule has 1 aromatic heterocycles. The third-order valence-electron chi connectivity index (χ3n) is 1.95. The first-order valence-electron chi connectivity index (χ1n) is 4.29. The highest BCUT2D eigenvalue weighted by Crippen LogP contribution is 2.08. The molecule has 0 aliphatic heterocycles. The van der Waals surface area contributed by atoms with E-state index in [1.165, 1.54) is 11.4 Å². The molecule has 1 rings (SSSR count). The van der Waals surface area contributed by atoms with Crippen molar-refractivity contribution >= 4 is 0 Å². The minimum Gasteiger partial charge on any atom is -0.326 e. The Balaban J connectivity index is 2.99. The maximum atomic E-state index is 4.21. The van der Waals surface area contributed by atoms with Crippen molar-refractivity contribution < 1.29 is 0 Å². The molecule has 0 N–H and O–H groups in total. The minimum atomic E-state index is 0.982. The fourth-order valence-corrected chi connectivity index (χ4v) is 1.34. The van der Waals surface area contributed by atoms with Crippen LogP contribution in [0.25, 0.3) is 0 Å². The first-order valence-corrected chi connectivity index (χ1v) is 4.29. The largest absolute Gasteiger partial charge is 0.326 e. The molecule has 0 unspecified atom stereocenters. The maximum absolute atomic E-state index is 4.21. The third kappa shape index (κ3) is 1.44. The Hall–Kier alpha value is -0.790. The van der Waals surface area contributed by atoms with E-state index in [1.54, 1.807) is 0 Å². The molecule has 1 aromatic rings. The van der Waals surface area contributed by atoms with Crippen LogP contribution in [0.1, 0.15) is 32.2 Å². The van der Waals surface area contributed by atoms with Gasteiger partial charge in [0.25, 0.3) is 0 Å². The molecule has 2 nitrogen and oxygen atoms in total. The molecule has 1 heterocycles. The number of imidazole rings is 1. The Morgan fingerprint density at radius 1 is 1.27 bits per heavy atom. The molecule has 0 fully saturated rings. The Morgan fingerprint density at radius 2 is 2.00 bits per heavy atom. The standard InChI is InChI=1S/C9H15N2/c1-4-8-9(5-2)11(6-3)7-10-8/h4-6H2,1-3H3. The second kappa shape index (κ2) is 3.56. The second-order valence-corrected chi connectivity index (χ2v) is 2.56. The molecule has 1 radical (unpaired) electrons. The summed E-state index contributed by atoms with van der Waals surface area (Å²) in [6.07, 6.45) is 5.08. The lowest BCUT2D eigenvalue weighted by Crippen LogP contribution is -1.99. The van der Waals surface area contributed by atoms with E-state index in [2.05, 4.69) is 36.6 Å². The Bertz CT molecular complexity index is 204. The molecule has 0 saturated heterocycles. The summed E-state index contributed by atoms with van der Waals surface area (Å²) < 4.78 is 2.10. The van der Waals surface area contributed by atoms with Crippen LogP contribution in [-0.2, 0) is 19.4 Å². The van der Waals surface area contributed by atoms with E-state index in [4.69, 9.17) is 0 Å². The van der Waals surface area contributed by atoms with Crippen LogP contribution < -0.4 is 0 Å². The Kier molecular flexibility index (Phi) is 2.69. The van der Waals surface area contributed by atoms with Gasteiger partial charge in [-0.2, -0.15) is 0 Å². The summed E-state index contributed by atoms with van der Waals surface area (Å²) in [6.45, 7) is 7.40. The molecule has 0 bridgehead atoms. The van der Waals surface area contributed by atoms with E-state index in [-0.39, 0.29) is 0 Å². The summed E-state index contributed by atoms with van der Waals surface area (Å²) in [4.78, 5) is 4.21. The van der Waals surface area contributed by atoms with Crippen molar-refractivity contribution in [1.29, 1.82) is 0 Å². The molecule has 2 heteroatoms. The van der Waals surface area contributed by atoms with Crippen LogP contribution in [0.2, 0.25) is 0 Å². The molecular formula is C9H15N2. The number of hydrogen-bond donors (Lipinski definition) is 0. The van der Waals surface area contributed by atoms with Gasteiger partial charge in [-0.15, -0.1) is 0 Å². The number of hydrogen-bond acceptors (Lipinski definition) is 1. The number of aryl methyl sites for hydroxylation is 2. The molecule has 0 aromatic carbocycles. The van der Waals surface area contributed by atoms with E-state index < -0.39 is 0 Å².